The maximum absolute atomic E-state index is 10.8. The third kappa shape index (κ3) is 3.02. The van der Waals surface area contributed by atoms with Crippen LogP contribution in [-0.4, -0.2) is 11.1 Å². The number of halogens is 1. The van der Waals surface area contributed by atoms with Crippen molar-refractivity contribution in [3.8, 4) is 0 Å². The molecule has 4 heteroatoms. The van der Waals surface area contributed by atoms with Crippen LogP contribution in [0, 0.1) is 0 Å². The van der Waals surface area contributed by atoms with Crippen molar-refractivity contribution in [1.29, 1.82) is 0 Å². The van der Waals surface area contributed by atoms with Gasteiger partial charge in [0.15, 0.2) is 0 Å². The first kappa shape index (κ1) is 12.5. The van der Waals surface area contributed by atoms with Crippen molar-refractivity contribution < 1.29 is 9.90 Å². The van der Waals surface area contributed by atoms with E-state index in [2.05, 4.69) is 5.32 Å². The van der Waals surface area contributed by atoms with Crippen molar-refractivity contribution in [2.45, 2.75) is 6.54 Å². The highest BCUT2D eigenvalue weighted by atomic mass is 35.5. The van der Waals surface area contributed by atoms with Gasteiger partial charge in [-0.25, -0.2) is 4.79 Å². The summed E-state index contributed by atoms with van der Waals surface area (Å²) < 4.78 is 0. The molecule has 3 nitrogen and oxygen atoms in total. The summed E-state index contributed by atoms with van der Waals surface area (Å²) in [6.45, 7) is 0.646. The van der Waals surface area contributed by atoms with Crippen LogP contribution < -0.4 is 5.32 Å². The van der Waals surface area contributed by atoms with Gasteiger partial charge < -0.3 is 10.4 Å². The summed E-state index contributed by atoms with van der Waals surface area (Å²) in [6, 6.07) is 14.5. The Morgan fingerprint density at radius 2 is 1.89 bits per heavy atom. The molecule has 0 aliphatic rings. The standard InChI is InChI=1S/C14H12ClNO2/c15-12-8-11(14(17)18)6-7-13(12)16-9-10-4-2-1-3-5-10/h1-8,16H,9H2,(H,17,18). The lowest BCUT2D eigenvalue weighted by molar-refractivity contribution is 0.0697. The van der Waals surface area contributed by atoms with Crippen LogP contribution in [0.2, 0.25) is 5.02 Å². The molecule has 0 atom stereocenters. The summed E-state index contributed by atoms with van der Waals surface area (Å²) >= 11 is 6.01. The topological polar surface area (TPSA) is 49.3 Å². The molecular weight excluding hydrogens is 250 g/mol. The number of carboxylic acid groups (broad SMARTS) is 1. The van der Waals surface area contributed by atoms with Gasteiger partial charge in [0.25, 0.3) is 0 Å². The first-order chi connectivity index (χ1) is 8.66. The number of aromatic carboxylic acids is 1. The van der Waals surface area contributed by atoms with E-state index in [9.17, 15) is 4.79 Å². The maximum Gasteiger partial charge on any atom is 0.335 e. The van der Waals surface area contributed by atoms with Crippen molar-refractivity contribution in [2.24, 2.45) is 0 Å². The summed E-state index contributed by atoms with van der Waals surface area (Å²) in [5.74, 6) is -0.980. The van der Waals surface area contributed by atoms with Gasteiger partial charge in [-0.3, -0.25) is 0 Å². The monoisotopic (exact) mass is 261 g/mol. The van der Waals surface area contributed by atoms with Crippen molar-refractivity contribution in [2.75, 3.05) is 5.32 Å². The van der Waals surface area contributed by atoms with E-state index in [-0.39, 0.29) is 5.56 Å². The zero-order valence-electron chi connectivity index (χ0n) is 9.56. The van der Waals surface area contributed by atoms with E-state index in [1.54, 1.807) is 6.07 Å². The SMILES string of the molecule is O=C(O)c1ccc(NCc2ccccc2)c(Cl)c1. The van der Waals surface area contributed by atoms with Crippen molar-refractivity contribution in [3.05, 3.63) is 64.7 Å². The molecule has 0 saturated heterocycles. The third-order valence-electron chi connectivity index (χ3n) is 2.54. The summed E-state index contributed by atoms with van der Waals surface area (Å²) in [4.78, 5) is 10.8. The van der Waals surface area contributed by atoms with Gasteiger partial charge in [-0.2, -0.15) is 0 Å². The average molecular weight is 262 g/mol. The van der Waals surface area contributed by atoms with Gasteiger partial charge in [0.05, 0.1) is 16.3 Å². The maximum atomic E-state index is 10.8. The number of benzene rings is 2. The Morgan fingerprint density at radius 1 is 1.17 bits per heavy atom. The largest absolute Gasteiger partial charge is 0.478 e. The predicted octanol–water partition coefficient (Wildman–Crippen LogP) is 3.65. The van der Waals surface area contributed by atoms with Gasteiger partial charge in [-0.1, -0.05) is 41.9 Å². The fraction of sp³-hybridized carbons (Fsp3) is 0.0714. The third-order valence-corrected chi connectivity index (χ3v) is 2.85. The summed E-state index contributed by atoms with van der Waals surface area (Å²) in [5.41, 5.74) is 2.05. The van der Waals surface area contributed by atoms with Crippen molar-refractivity contribution in [1.82, 2.24) is 0 Å². The highest BCUT2D eigenvalue weighted by Crippen LogP contribution is 2.23. The normalized spacial score (nSPS) is 10.1. The minimum atomic E-state index is -0.980. The van der Waals surface area contributed by atoms with Gasteiger partial charge in [-0.05, 0) is 23.8 Å². The van der Waals surface area contributed by atoms with Crippen LogP contribution in [0.5, 0.6) is 0 Å². The minimum absolute atomic E-state index is 0.185. The summed E-state index contributed by atoms with van der Waals surface area (Å²) in [7, 11) is 0. The van der Waals surface area contributed by atoms with Crippen molar-refractivity contribution in [3.63, 3.8) is 0 Å². The molecule has 0 unspecified atom stereocenters. The number of hydrogen-bond acceptors (Lipinski definition) is 2. The molecule has 0 radical (unpaired) electrons. The van der Waals surface area contributed by atoms with Crippen LogP contribution in [0.25, 0.3) is 0 Å². The first-order valence-electron chi connectivity index (χ1n) is 5.47. The smallest absolute Gasteiger partial charge is 0.335 e. The Kier molecular flexibility index (Phi) is 3.85. The molecule has 2 rings (SSSR count). The summed E-state index contributed by atoms with van der Waals surface area (Å²) in [5, 5.41) is 12.4. The van der Waals surface area contributed by atoms with E-state index in [1.165, 1.54) is 12.1 Å². The predicted molar refractivity (Wildman–Crippen MR) is 72.2 cm³/mol. The van der Waals surface area contributed by atoms with E-state index in [0.717, 1.165) is 11.3 Å². The number of nitrogens with one attached hydrogen (secondary N) is 1. The number of hydrogen-bond donors (Lipinski definition) is 2. The van der Waals surface area contributed by atoms with Crippen LogP contribution in [0.4, 0.5) is 5.69 Å². The molecule has 0 aromatic heterocycles. The Balaban J connectivity index is 2.08. The fourth-order valence-corrected chi connectivity index (χ4v) is 1.83. The molecule has 2 N–H and O–H groups in total. The van der Waals surface area contributed by atoms with Crippen molar-refractivity contribution >= 4 is 23.3 Å². The van der Waals surface area contributed by atoms with E-state index in [0.29, 0.717) is 11.6 Å². The van der Waals surface area contributed by atoms with Crippen LogP contribution >= 0.6 is 11.6 Å². The molecule has 0 amide bonds. The Morgan fingerprint density at radius 3 is 2.50 bits per heavy atom. The molecule has 0 bridgehead atoms. The quantitative estimate of drug-likeness (QED) is 0.883. The van der Waals surface area contributed by atoms with Gasteiger partial charge >= 0.3 is 5.97 Å². The molecule has 92 valence electrons. The molecule has 18 heavy (non-hydrogen) atoms. The van der Waals surface area contributed by atoms with E-state index in [1.807, 2.05) is 30.3 Å². The molecule has 0 heterocycles. The van der Waals surface area contributed by atoms with E-state index in [4.69, 9.17) is 16.7 Å². The van der Waals surface area contributed by atoms with E-state index >= 15 is 0 Å². The van der Waals surface area contributed by atoms with Gasteiger partial charge in [0.2, 0.25) is 0 Å². The Labute approximate surface area is 110 Å². The fourth-order valence-electron chi connectivity index (χ4n) is 1.58. The minimum Gasteiger partial charge on any atom is -0.478 e. The summed E-state index contributed by atoms with van der Waals surface area (Å²) in [6.07, 6.45) is 0. The zero-order chi connectivity index (χ0) is 13.0. The molecular formula is C14H12ClNO2. The lowest BCUT2D eigenvalue weighted by Gasteiger charge is -2.09. The molecule has 2 aromatic rings. The lowest BCUT2D eigenvalue weighted by Crippen LogP contribution is -2.01. The Hall–Kier alpha value is -2.00. The molecule has 0 aliphatic carbocycles. The Bertz CT molecular complexity index is 555. The molecule has 0 spiro atoms. The first-order valence-corrected chi connectivity index (χ1v) is 5.85. The van der Waals surface area contributed by atoms with Gasteiger partial charge in [0.1, 0.15) is 0 Å². The zero-order valence-corrected chi connectivity index (χ0v) is 10.3. The van der Waals surface area contributed by atoms with Crippen LogP contribution in [0.15, 0.2) is 48.5 Å². The van der Waals surface area contributed by atoms with E-state index < -0.39 is 5.97 Å². The van der Waals surface area contributed by atoms with Crippen LogP contribution in [-0.2, 0) is 6.54 Å². The molecule has 0 aliphatic heterocycles. The second-order valence-corrected chi connectivity index (χ2v) is 4.25. The second-order valence-electron chi connectivity index (χ2n) is 3.84. The lowest BCUT2D eigenvalue weighted by atomic mass is 10.2. The van der Waals surface area contributed by atoms with Gasteiger partial charge in [-0.15, -0.1) is 0 Å². The number of anilines is 1. The highest BCUT2D eigenvalue weighted by molar-refractivity contribution is 6.33. The number of carbonyl (C=O) groups is 1. The molecule has 0 saturated carbocycles. The average Bonchev–Trinajstić information content (AvgIpc) is 2.38. The number of rotatable bonds is 4. The van der Waals surface area contributed by atoms with Crippen LogP contribution in [0.1, 0.15) is 15.9 Å². The van der Waals surface area contributed by atoms with Gasteiger partial charge in [0, 0.05) is 6.54 Å². The molecule has 0 fully saturated rings. The highest BCUT2D eigenvalue weighted by Gasteiger charge is 2.06. The molecule has 2 aromatic carbocycles. The second kappa shape index (κ2) is 5.56. The van der Waals surface area contributed by atoms with Crippen LogP contribution in [0.3, 0.4) is 0 Å². The number of carboxylic acids is 1.